The fourth-order valence-corrected chi connectivity index (χ4v) is 1.99. The Labute approximate surface area is 111 Å². The summed E-state index contributed by atoms with van der Waals surface area (Å²) in [6, 6.07) is 9.14. The predicted molar refractivity (Wildman–Crippen MR) is 71.4 cm³/mol. The van der Waals surface area contributed by atoms with Crippen molar-refractivity contribution < 1.29 is 9.59 Å². The number of carbonyl (C=O) groups excluding carboxylic acids is 2. The van der Waals surface area contributed by atoms with Crippen LogP contribution in [-0.4, -0.2) is 18.4 Å². The van der Waals surface area contributed by atoms with Crippen LogP contribution in [-0.2, 0) is 9.59 Å². The second-order valence-electron chi connectivity index (χ2n) is 4.75. The van der Waals surface area contributed by atoms with Crippen molar-refractivity contribution in [1.82, 2.24) is 0 Å². The second-order valence-corrected chi connectivity index (χ2v) is 4.75. The quantitative estimate of drug-likeness (QED) is 0.879. The van der Waals surface area contributed by atoms with Gasteiger partial charge in [-0.25, -0.2) is 0 Å². The maximum Gasteiger partial charge on any atom is 0.247 e. The lowest BCUT2D eigenvalue weighted by molar-refractivity contribution is -0.126. The van der Waals surface area contributed by atoms with Gasteiger partial charge in [-0.15, -0.1) is 0 Å². The summed E-state index contributed by atoms with van der Waals surface area (Å²) in [5, 5.41) is 11.9. The molecule has 2 rings (SSSR count). The van der Waals surface area contributed by atoms with Crippen molar-refractivity contribution >= 4 is 23.2 Å². The molecular formula is C14H15N3O2. The van der Waals surface area contributed by atoms with Crippen LogP contribution in [0.15, 0.2) is 24.3 Å². The molecule has 0 saturated carbocycles. The average Bonchev–Trinajstić information content (AvgIpc) is 2.44. The molecule has 1 heterocycles. The average molecular weight is 257 g/mol. The molecule has 2 amide bonds. The van der Waals surface area contributed by atoms with E-state index < -0.39 is 5.41 Å². The molecule has 0 spiro atoms. The lowest BCUT2D eigenvalue weighted by atomic mass is 9.87. The van der Waals surface area contributed by atoms with Crippen LogP contribution in [0.5, 0.6) is 0 Å². The highest BCUT2D eigenvalue weighted by atomic mass is 16.2. The molecule has 1 aliphatic rings. The first-order valence-corrected chi connectivity index (χ1v) is 6.14. The maximum absolute atomic E-state index is 12.5. The number of fused-ring (bicyclic) bond motifs is 1. The van der Waals surface area contributed by atoms with Gasteiger partial charge >= 0.3 is 0 Å². The van der Waals surface area contributed by atoms with E-state index in [4.69, 9.17) is 0 Å². The van der Waals surface area contributed by atoms with Crippen LogP contribution < -0.4 is 10.2 Å². The van der Waals surface area contributed by atoms with Crippen LogP contribution in [0.2, 0.25) is 0 Å². The molecule has 98 valence electrons. The van der Waals surface area contributed by atoms with Crippen molar-refractivity contribution in [3.63, 3.8) is 0 Å². The molecule has 0 aliphatic carbocycles. The van der Waals surface area contributed by atoms with Crippen molar-refractivity contribution in [3.8, 4) is 6.07 Å². The standard InChI is InChI=1S/C14H15N3O2/c1-3-14(2,9-15)13(19)17-8-12(18)16-10-6-4-5-7-11(10)17/h4-7H,3,8H2,1-2H3,(H,16,18). The fourth-order valence-electron chi connectivity index (χ4n) is 1.99. The van der Waals surface area contributed by atoms with E-state index in [0.29, 0.717) is 17.8 Å². The Morgan fingerprint density at radius 1 is 1.53 bits per heavy atom. The van der Waals surface area contributed by atoms with E-state index in [1.165, 1.54) is 4.90 Å². The summed E-state index contributed by atoms with van der Waals surface area (Å²) in [6.45, 7) is 3.34. The monoisotopic (exact) mass is 257 g/mol. The van der Waals surface area contributed by atoms with E-state index in [9.17, 15) is 14.9 Å². The van der Waals surface area contributed by atoms with Crippen molar-refractivity contribution in [2.45, 2.75) is 20.3 Å². The topological polar surface area (TPSA) is 73.2 Å². The third-order valence-corrected chi connectivity index (χ3v) is 3.44. The lowest BCUT2D eigenvalue weighted by Crippen LogP contribution is -2.48. The molecule has 1 aromatic carbocycles. The van der Waals surface area contributed by atoms with Gasteiger partial charge in [-0.1, -0.05) is 19.1 Å². The first-order chi connectivity index (χ1) is 9.01. The van der Waals surface area contributed by atoms with E-state index in [1.54, 1.807) is 38.1 Å². The SMILES string of the molecule is CCC(C)(C#N)C(=O)N1CC(=O)Nc2ccccc21. The van der Waals surface area contributed by atoms with Crippen molar-refractivity contribution in [3.05, 3.63) is 24.3 Å². The molecule has 1 aliphatic heterocycles. The number of para-hydroxylation sites is 2. The molecule has 0 aromatic heterocycles. The van der Waals surface area contributed by atoms with Crippen LogP contribution >= 0.6 is 0 Å². The number of rotatable bonds is 2. The number of amides is 2. The Balaban J connectivity index is 2.44. The third kappa shape index (κ3) is 2.17. The molecule has 1 N–H and O–H groups in total. The third-order valence-electron chi connectivity index (χ3n) is 3.44. The number of benzene rings is 1. The Hall–Kier alpha value is -2.35. The van der Waals surface area contributed by atoms with E-state index in [-0.39, 0.29) is 18.4 Å². The van der Waals surface area contributed by atoms with Crippen LogP contribution in [0.4, 0.5) is 11.4 Å². The minimum Gasteiger partial charge on any atom is -0.323 e. The highest BCUT2D eigenvalue weighted by molar-refractivity contribution is 6.11. The summed E-state index contributed by atoms with van der Waals surface area (Å²) in [7, 11) is 0. The Morgan fingerprint density at radius 2 is 2.21 bits per heavy atom. The fraction of sp³-hybridized carbons (Fsp3) is 0.357. The van der Waals surface area contributed by atoms with Gasteiger partial charge in [0, 0.05) is 0 Å². The molecule has 5 nitrogen and oxygen atoms in total. The van der Waals surface area contributed by atoms with E-state index >= 15 is 0 Å². The van der Waals surface area contributed by atoms with Crippen LogP contribution in [0.25, 0.3) is 0 Å². The molecule has 1 unspecified atom stereocenters. The van der Waals surface area contributed by atoms with Crippen LogP contribution in [0, 0.1) is 16.7 Å². The minimum absolute atomic E-state index is 0.0485. The summed E-state index contributed by atoms with van der Waals surface area (Å²) in [6.07, 6.45) is 0.405. The molecule has 0 fully saturated rings. The van der Waals surface area contributed by atoms with Gasteiger partial charge in [-0.2, -0.15) is 5.26 Å². The number of nitrogens with zero attached hydrogens (tertiary/aromatic N) is 2. The first-order valence-electron chi connectivity index (χ1n) is 6.14. The predicted octanol–water partition coefficient (Wildman–Crippen LogP) is 1.91. The number of anilines is 2. The van der Waals surface area contributed by atoms with Gasteiger partial charge < -0.3 is 5.32 Å². The highest BCUT2D eigenvalue weighted by Crippen LogP contribution is 2.33. The smallest absolute Gasteiger partial charge is 0.247 e. The van der Waals surface area contributed by atoms with Gasteiger partial charge in [0.15, 0.2) is 0 Å². The molecule has 19 heavy (non-hydrogen) atoms. The van der Waals surface area contributed by atoms with Gasteiger partial charge in [0.25, 0.3) is 0 Å². The number of carbonyl (C=O) groups is 2. The van der Waals surface area contributed by atoms with Gasteiger partial charge in [0.05, 0.1) is 17.4 Å². The highest BCUT2D eigenvalue weighted by Gasteiger charge is 2.38. The summed E-state index contributed by atoms with van der Waals surface area (Å²) < 4.78 is 0. The second kappa shape index (κ2) is 4.73. The zero-order valence-electron chi connectivity index (χ0n) is 10.9. The maximum atomic E-state index is 12.5. The first kappa shape index (κ1) is 13.1. The zero-order chi connectivity index (χ0) is 14.0. The van der Waals surface area contributed by atoms with Gasteiger partial charge in [0.2, 0.25) is 11.8 Å². The van der Waals surface area contributed by atoms with E-state index in [0.717, 1.165) is 0 Å². The number of nitriles is 1. The Kier molecular flexibility index (Phi) is 3.26. The molecule has 0 saturated heterocycles. The molecule has 0 bridgehead atoms. The summed E-state index contributed by atoms with van der Waals surface area (Å²) >= 11 is 0. The summed E-state index contributed by atoms with van der Waals surface area (Å²) in [5.74, 6) is -0.580. The lowest BCUT2D eigenvalue weighted by Gasteiger charge is -2.33. The van der Waals surface area contributed by atoms with E-state index in [2.05, 4.69) is 5.32 Å². The van der Waals surface area contributed by atoms with E-state index in [1.807, 2.05) is 6.07 Å². The molecule has 5 heteroatoms. The molecule has 1 aromatic rings. The number of hydrogen-bond donors (Lipinski definition) is 1. The summed E-state index contributed by atoms with van der Waals surface area (Å²) in [4.78, 5) is 25.6. The van der Waals surface area contributed by atoms with Gasteiger partial charge in [-0.3, -0.25) is 14.5 Å². The number of nitrogens with one attached hydrogen (secondary N) is 1. The largest absolute Gasteiger partial charge is 0.323 e. The molecular weight excluding hydrogens is 242 g/mol. The normalized spacial score (nSPS) is 16.9. The zero-order valence-corrected chi connectivity index (χ0v) is 10.9. The molecule has 0 radical (unpaired) electrons. The van der Waals surface area contributed by atoms with Crippen molar-refractivity contribution in [1.29, 1.82) is 5.26 Å². The van der Waals surface area contributed by atoms with Crippen LogP contribution in [0.1, 0.15) is 20.3 Å². The molecule has 1 atom stereocenters. The van der Waals surface area contributed by atoms with Crippen molar-refractivity contribution in [2.24, 2.45) is 5.41 Å². The van der Waals surface area contributed by atoms with Gasteiger partial charge in [-0.05, 0) is 25.5 Å². The number of hydrogen-bond acceptors (Lipinski definition) is 3. The van der Waals surface area contributed by atoms with Crippen molar-refractivity contribution in [2.75, 3.05) is 16.8 Å². The Morgan fingerprint density at radius 3 is 2.84 bits per heavy atom. The van der Waals surface area contributed by atoms with Gasteiger partial charge in [0.1, 0.15) is 12.0 Å². The minimum atomic E-state index is -1.11. The van der Waals surface area contributed by atoms with Crippen LogP contribution in [0.3, 0.4) is 0 Å². The summed E-state index contributed by atoms with van der Waals surface area (Å²) in [5.41, 5.74) is 0.135. The Bertz CT molecular complexity index is 576.